The fourth-order valence-electron chi connectivity index (χ4n) is 1.42. The van der Waals surface area contributed by atoms with E-state index < -0.39 is 0 Å². The lowest BCUT2D eigenvalue weighted by molar-refractivity contribution is -0.00187. The van der Waals surface area contributed by atoms with E-state index in [1.165, 1.54) is 0 Å². The number of morpholine rings is 1. The van der Waals surface area contributed by atoms with E-state index in [9.17, 15) is 0 Å². The molecule has 1 aliphatic heterocycles. The topological polar surface area (TPSA) is 45.5 Å². The van der Waals surface area contributed by atoms with Crippen molar-refractivity contribution in [2.24, 2.45) is 0 Å². The van der Waals surface area contributed by atoms with Crippen molar-refractivity contribution < 1.29 is 9.47 Å². The third-order valence-electron chi connectivity index (χ3n) is 2.12. The molecule has 0 amide bonds. The zero-order valence-electron chi connectivity index (χ0n) is 8.03. The molecule has 0 radical (unpaired) electrons. The molecule has 4 heteroatoms. The molecule has 74 valence electrons. The standard InChI is InChI=1S/C9H16N2O2/c1-12-5-2-3-11-4-6-13-9(7-10)8-11/h9H,2-6,8H2,1H3. The van der Waals surface area contributed by atoms with Gasteiger partial charge >= 0.3 is 0 Å². The largest absolute Gasteiger partial charge is 0.385 e. The average Bonchev–Trinajstić information content (AvgIpc) is 2.19. The van der Waals surface area contributed by atoms with E-state index in [0.29, 0.717) is 6.61 Å². The van der Waals surface area contributed by atoms with Crippen LogP contribution in [0.4, 0.5) is 0 Å². The lowest BCUT2D eigenvalue weighted by Gasteiger charge is -2.29. The van der Waals surface area contributed by atoms with Gasteiger partial charge in [-0.2, -0.15) is 5.26 Å². The van der Waals surface area contributed by atoms with E-state index in [-0.39, 0.29) is 6.10 Å². The Bertz CT molecular complexity index is 179. The van der Waals surface area contributed by atoms with Gasteiger partial charge < -0.3 is 9.47 Å². The van der Waals surface area contributed by atoms with E-state index >= 15 is 0 Å². The molecule has 0 saturated carbocycles. The van der Waals surface area contributed by atoms with Gasteiger partial charge in [-0.05, 0) is 6.42 Å². The Labute approximate surface area is 79.0 Å². The van der Waals surface area contributed by atoms with Crippen molar-refractivity contribution in [3.63, 3.8) is 0 Å². The minimum absolute atomic E-state index is 0.240. The highest BCUT2D eigenvalue weighted by molar-refractivity contribution is 4.88. The Morgan fingerprint density at radius 3 is 3.23 bits per heavy atom. The summed E-state index contributed by atoms with van der Waals surface area (Å²) in [5.41, 5.74) is 0. The Morgan fingerprint density at radius 1 is 1.69 bits per heavy atom. The van der Waals surface area contributed by atoms with Gasteiger partial charge in [0.2, 0.25) is 0 Å². The van der Waals surface area contributed by atoms with Crippen molar-refractivity contribution >= 4 is 0 Å². The molecule has 0 bridgehead atoms. The molecule has 1 aliphatic rings. The lowest BCUT2D eigenvalue weighted by Crippen LogP contribution is -2.42. The second kappa shape index (κ2) is 5.92. The highest BCUT2D eigenvalue weighted by Crippen LogP contribution is 2.04. The summed E-state index contributed by atoms with van der Waals surface area (Å²) in [6.45, 7) is 4.12. The molecule has 1 heterocycles. The van der Waals surface area contributed by atoms with Gasteiger partial charge in [0, 0.05) is 33.4 Å². The predicted molar refractivity (Wildman–Crippen MR) is 48.3 cm³/mol. The summed E-state index contributed by atoms with van der Waals surface area (Å²) in [6, 6.07) is 2.13. The molecule has 0 N–H and O–H groups in total. The van der Waals surface area contributed by atoms with Crippen molar-refractivity contribution in [1.82, 2.24) is 4.90 Å². The summed E-state index contributed by atoms with van der Waals surface area (Å²) >= 11 is 0. The quantitative estimate of drug-likeness (QED) is 0.587. The van der Waals surface area contributed by atoms with Crippen molar-refractivity contribution in [2.45, 2.75) is 12.5 Å². The first-order valence-corrected chi connectivity index (χ1v) is 4.59. The number of nitriles is 1. The SMILES string of the molecule is COCCCN1CCOC(C#N)C1. The van der Waals surface area contributed by atoms with Crippen LogP contribution in [0.5, 0.6) is 0 Å². The van der Waals surface area contributed by atoms with E-state index in [1.54, 1.807) is 7.11 Å². The number of ether oxygens (including phenoxy) is 2. The number of methoxy groups -OCH3 is 1. The molecular formula is C9H16N2O2. The molecular weight excluding hydrogens is 168 g/mol. The molecule has 0 aliphatic carbocycles. The lowest BCUT2D eigenvalue weighted by atomic mass is 10.3. The van der Waals surface area contributed by atoms with Gasteiger partial charge in [-0.3, -0.25) is 4.90 Å². The second-order valence-corrected chi connectivity index (χ2v) is 3.14. The molecule has 1 atom stereocenters. The van der Waals surface area contributed by atoms with Crippen LogP contribution in [-0.2, 0) is 9.47 Å². The number of hydrogen-bond donors (Lipinski definition) is 0. The second-order valence-electron chi connectivity index (χ2n) is 3.14. The molecule has 4 nitrogen and oxygen atoms in total. The third-order valence-corrected chi connectivity index (χ3v) is 2.12. The Hall–Kier alpha value is -0.630. The van der Waals surface area contributed by atoms with Crippen LogP contribution in [0.3, 0.4) is 0 Å². The van der Waals surface area contributed by atoms with E-state index in [2.05, 4.69) is 11.0 Å². The highest BCUT2D eigenvalue weighted by atomic mass is 16.5. The normalized spacial score (nSPS) is 24.2. The van der Waals surface area contributed by atoms with Gasteiger partial charge in [0.25, 0.3) is 0 Å². The van der Waals surface area contributed by atoms with Crippen LogP contribution in [0.1, 0.15) is 6.42 Å². The van der Waals surface area contributed by atoms with Gasteiger partial charge in [0.1, 0.15) is 0 Å². The fraction of sp³-hybridized carbons (Fsp3) is 0.889. The monoisotopic (exact) mass is 184 g/mol. The molecule has 13 heavy (non-hydrogen) atoms. The maximum Gasteiger partial charge on any atom is 0.156 e. The van der Waals surface area contributed by atoms with E-state index in [1.807, 2.05) is 0 Å². The van der Waals surface area contributed by atoms with Gasteiger partial charge in [-0.1, -0.05) is 0 Å². The summed E-state index contributed by atoms with van der Waals surface area (Å²) in [6.07, 6.45) is 0.783. The van der Waals surface area contributed by atoms with Gasteiger partial charge in [0.15, 0.2) is 6.10 Å². The van der Waals surface area contributed by atoms with Crippen LogP contribution in [0.25, 0.3) is 0 Å². The molecule has 1 unspecified atom stereocenters. The zero-order chi connectivity index (χ0) is 9.52. The molecule has 1 fully saturated rings. The predicted octanol–water partition coefficient (Wildman–Crippen LogP) is 0.247. The maximum atomic E-state index is 8.65. The number of nitrogens with zero attached hydrogens (tertiary/aromatic N) is 2. The molecule has 1 rings (SSSR count). The summed E-state index contributed by atoms with van der Waals surface area (Å²) in [5.74, 6) is 0. The first-order valence-electron chi connectivity index (χ1n) is 4.59. The number of rotatable bonds is 4. The summed E-state index contributed by atoms with van der Waals surface area (Å²) in [4.78, 5) is 2.25. The van der Waals surface area contributed by atoms with Crippen LogP contribution >= 0.6 is 0 Å². The van der Waals surface area contributed by atoms with Crippen molar-refractivity contribution in [3.05, 3.63) is 0 Å². The van der Waals surface area contributed by atoms with Crippen LogP contribution in [0.15, 0.2) is 0 Å². The van der Waals surface area contributed by atoms with Gasteiger partial charge in [0.05, 0.1) is 12.7 Å². The average molecular weight is 184 g/mol. The Morgan fingerprint density at radius 2 is 2.54 bits per heavy atom. The Balaban J connectivity index is 2.15. The minimum atomic E-state index is -0.240. The van der Waals surface area contributed by atoms with Gasteiger partial charge in [-0.25, -0.2) is 0 Å². The van der Waals surface area contributed by atoms with Crippen LogP contribution < -0.4 is 0 Å². The first kappa shape index (κ1) is 10.5. The minimum Gasteiger partial charge on any atom is -0.385 e. The van der Waals surface area contributed by atoms with Crippen LogP contribution in [0, 0.1) is 11.3 Å². The fourth-order valence-corrected chi connectivity index (χ4v) is 1.42. The van der Waals surface area contributed by atoms with Crippen molar-refractivity contribution in [1.29, 1.82) is 5.26 Å². The molecule has 1 saturated heterocycles. The molecule has 0 aromatic carbocycles. The summed E-state index contributed by atoms with van der Waals surface area (Å²) < 4.78 is 10.2. The van der Waals surface area contributed by atoms with Crippen molar-refractivity contribution in [2.75, 3.05) is 40.0 Å². The molecule has 0 spiro atoms. The molecule has 0 aromatic heterocycles. The van der Waals surface area contributed by atoms with Crippen LogP contribution in [-0.4, -0.2) is 51.0 Å². The van der Waals surface area contributed by atoms with Crippen LogP contribution in [0.2, 0.25) is 0 Å². The summed E-state index contributed by atoms with van der Waals surface area (Å²) in [7, 11) is 1.71. The van der Waals surface area contributed by atoms with E-state index in [4.69, 9.17) is 14.7 Å². The van der Waals surface area contributed by atoms with Crippen molar-refractivity contribution in [3.8, 4) is 6.07 Å². The number of hydrogen-bond acceptors (Lipinski definition) is 4. The highest BCUT2D eigenvalue weighted by Gasteiger charge is 2.18. The molecule has 0 aromatic rings. The van der Waals surface area contributed by atoms with E-state index in [0.717, 1.165) is 32.7 Å². The first-order chi connectivity index (χ1) is 6.36. The third kappa shape index (κ3) is 3.73. The smallest absolute Gasteiger partial charge is 0.156 e. The van der Waals surface area contributed by atoms with Gasteiger partial charge in [-0.15, -0.1) is 0 Å². The Kier molecular flexibility index (Phi) is 4.76. The summed E-state index contributed by atoms with van der Waals surface area (Å²) in [5, 5.41) is 8.65. The maximum absolute atomic E-state index is 8.65. The zero-order valence-corrected chi connectivity index (χ0v) is 8.03.